The van der Waals surface area contributed by atoms with Gasteiger partial charge >= 0.3 is 6.09 Å². The lowest BCUT2D eigenvalue weighted by molar-refractivity contribution is -0.138. The summed E-state index contributed by atoms with van der Waals surface area (Å²) in [5, 5.41) is 15.3. The maximum Gasteiger partial charge on any atom is 0.404 e. The number of carboxylic acid groups (broad SMARTS) is 1. The van der Waals surface area contributed by atoms with E-state index in [9.17, 15) is 14.4 Å². The number of pyridine rings is 1. The van der Waals surface area contributed by atoms with Crippen LogP contribution in [0.3, 0.4) is 0 Å². The number of benzene rings is 1. The molecule has 0 bridgehead atoms. The van der Waals surface area contributed by atoms with Crippen molar-refractivity contribution in [3.8, 4) is 0 Å². The third-order valence-electron chi connectivity index (χ3n) is 6.91. The molecule has 0 spiro atoms. The number of H-pyrrole nitrogens is 1. The number of nitrogens with zero attached hydrogens (tertiary/aromatic N) is 1. The molecular weight excluding hydrogens is 491 g/mol. The molecule has 4 rings (SSSR count). The van der Waals surface area contributed by atoms with E-state index < -0.39 is 6.09 Å². The summed E-state index contributed by atoms with van der Waals surface area (Å²) in [4.78, 5) is 41.6. The largest absolute Gasteiger partial charge is 0.465 e. The molecule has 1 saturated heterocycles. The summed E-state index contributed by atoms with van der Waals surface area (Å²) in [6.07, 6.45) is 3.69. The topological polar surface area (TPSA) is 115 Å². The van der Waals surface area contributed by atoms with Crippen molar-refractivity contribution < 1.29 is 14.7 Å². The molecule has 1 saturated carbocycles. The summed E-state index contributed by atoms with van der Waals surface area (Å²) in [5.41, 5.74) is 3.06. The highest BCUT2D eigenvalue weighted by Crippen LogP contribution is 2.38. The molecule has 1 aliphatic heterocycles. The second kappa shape index (κ2) is 11.0. The number of carbonyl (C=O) groups is 2. The van der Waals surface area contributed by atoms with Gasteiger partial charge in [-0.3, -0.25) is 9.59 Å². The van der Waals surface area contributed by atoms with Crippen LogP contribution >= 0.6 is 23.2 Å². The molecule has 4 N–H and O–H groups in total. The number of hydrogen-bond acceptors (Lipinski definition) is 4. The Kier molecular flexibility index (Phi) is 8.04. The van der Waals surface area contributed by atoms with Crippen molar-refractivity contribution in [1.29, 1.82) is 0 Å². The van der Waals surface area contributed by atoms with Gasteiger partial charge < -0.3 is 25.6 Å². The van der Waals surface area contributed by atoms with E-state index in [1.54, 1.807) is 12.3 Å². The highest BCUT2D eigenvalue weighted by atomic mass is 35.5. The number of piperidine rings is 1. The number of hydrogen-bond donors (Lipinski definition) is 4. The Hall–Kier alpha value is -2.55. The number of rotatable bonds is 8. The first kappa shape index (κ1) is 25.5. The Balaban J connectivity index is 1.58. The van der Waals surface area contributed by atoms with Gasteiger partial charge in [0.25, 0.3) is 5.56 Å². The van der Waals surface area contributed by atoms with Crippen LogP contribution < -0.4 is 16.2 Å². The molecule has 2 amide bonds. The molecule has 2 fully saturated rings. The van der Waals surface area contributed by atoms with E-state index in [0.29, 0.717) is 35.1 Å². The van der Waals surface area contributed by atoms with Gasteiger partial charge in [0.1, 0.15) is 0 Å². The van der Waals surface area contributed by atoms with Gasteiger partial charge in [0.05, 0.1) is 16.0 Å². The zero-order chi connectivity index (χ0) is 25.1. The van der Waals surface area contributed by atoms with Crippen molar-refractivity contribution in [2.75, 3.05) is 19.6 Å². The Bertz CT molecular complexity index is 1160. The van der Waals surface area contributed by atoms with Crippen LogP contribution in [-0.4, -0.2) is 52.7 Å². The van der Waals surface area contributed by atoms with E-state index in [0.717, 1.165) is 42.5 Å². The average Bonchev–Trinajstić information content (AvgIpc) is 3.67. The zero-order valence-corrected chi connectivity index (χ0v) is 21.1. The van der Waals surface area contributed by atoms with Crippen LogP contribution in [0, 0.1) is 12.8 Å². The van der Waals surface area contributed by atoms with Crippen LogP contribution in [0.15, 0.2) is 29.2 Å². The van der Waals surface area contributed by atoms with Gasteiger partial charge in [-0.05, 0) is 73.9 Å². The van der Waals surface area contributed by atoms with Crippen LogP contribution in [0.1, 0.15) is 47.4 Å². The summed E-state index contributed by atoms with van der Waals surface area (Å²) in [6.45, 7) is 3.73. The van der Waals surface area contributed by atoms with Crippen molar-refractivity contribution in [2.24, 2.45) is 5.92 Å². The maximum absolute atomic E-state index is 13.9. The summed E-state index contributed by atoms with van der Waals surface area (Å²) < 4.78 is 0. The number of carbonyl (C=O) groups excluding carboxylic acids is 1. The number of halogens is 2. The fourth-order valence-corrected chi connectivity index (χ4v) is 5.34. The van der Waals surface area contributed by atoms with E-state index in [4.69, 9.17) is 28.3 Å². The van der Waals surface area contributed by atoms with Crippen molar-refractivity contribution in [1.82, 2.24) is 20.5 Å². The van der Waals surface area contributed by atoms with Gasteiger partial charge in [0.2, 0.25) is 5.91 Å². The van der Waals surface area contributed by atoms with Gasteiger partial charge in [0.15, 0.2) is 0 Å². The first-order chi connectivity index (χ1) is 16.8. The Morgan fingerprint density at radius 3 is 2.71 bits per heavy atom. The minimum Gasteiger partial charge on any atom is -0.465 e. The molecule has 1 aromatic carbocycles. The molecule has 2 heterocycles. The van der Waals surface area contributed by atoms with Crippen molar-refractivity contribution in [2.45, 2.75) is 51.1 Å². The van der Waals surface area contributed by atoms with Crippen LogP contribution in [-0.2, 0) is 17.8 Å². The molecule has 1 aromatic heterocycles. The first-order valence-electron chi connectivity index (χ1n) is 11.9. The fourth-order valence-electron chi connectivity index (χ4n) is 4.91. The summed E-state index contributed by atoms with van der Waals surface area (Å²) >= 11 is 12.9. The third-order valence-corrected chi connectivity index (χ3v) is 7.76. The molecule has 1 aliphatic carbocycles. The van der Waals surface area contributed by atoms with Gasteiger partial charge in [-0.15, -0.1) is 0 Å². The molecule has 2 atom stereocenters. The number of aromatic nitrogens is 1. The van der Waals surface area contributed by atoms with Gasteiger partial charge in [-0.2, -0.15) is 0 Å². The summed E-state index contributed by atoms with van der Waals surface area (Å²) in [5.74, 6) is -0.281. The van der Waals surface area contributed by atoms with E-state index in [1.165, 1.54) is 0 Å². The molecule has 2 unspecified atom stereocenters. The zero-order valence-electron chi connectivity index (χ0n) is 19.6. The molecule has 10 heteroatoms. The Morgan fingerprint density at radius 1 is 1.23 bits per heavy atom. The summed E-state index contributed by atoms with van der Waals surface area (Å²) in [7, 11) is 0. The number of amides is 2. The molecule has 0 radical (unpaired) electrons. The van der Waals surface area contributed by atoms with Crippen LogP contribution in [0.25, 0.3) is 0 Å². The minimum atomic E-state index is -1.08. The average molecular weight is 521 g/mol. The number of aromatic amines is 1. The van der Waals surface area contributed by atoms with E-state index in [2.05, 4.69) is 15.6 Å². The van der Waals surface area contributed by atoms with Gasteiger partial charge in [0, 0.05) is 37.4 Å². The first-order valence-corrected chi connectivity index (χ1v) is 12.6. The van der Waals surface area contributed by atoms with Crippen molar-refractivity contribution in [3.05, 3.63) is 67.0 Å². The lowest BCUT2D eigenvalue weighted by Crippen LogP contribution is -2.47. The lowest BCUT2D eigenvalue weighted by atomic mass is 9.79. The normalized spacial score (nSPS) is 19.9. The molecule has 35 heavy (non-hydrogen) atoms. The third kappa shape index (κ3) is 6.00. The molecule has 2 aromatic rings. The van der Waals surface area contributed by atoms with E-state index in [-0.39, 0.29) is 35.9 Å². The second-order valence-electron chi connectivity index (χ2n) is 9.32. The van der Waals surface area contributed by atoms with Crippen molar-refractivity contribution >= 4 is 35.2 Å². The molecule has 188 valence electrons. The molecular formula is C25H30Cl2N4O4. The molecule has 2 aliphatic rings. The SMILES string of the molecule is Cc1c(C2CCNCC2C(=O)N(Cc2cc(CCNC(=O)O)cc(Cl)c2Cl)C2CC2)cc[nH]c1=O. The predicted molar refractivity (Wildman–Crippen MR) is 135 cm³/mol. The predicted octanol–water partition coefficient (Wildman–Crippen LogP) is 3.68. The highest BCUT2D eigenvalue weighted by molar-refractivity contribution is 6.42. The van der Waals surface area contributed by atoms with Crippen LogP contribution in [0.4, 0.5) is 4.79 Å². The smallest absolute Gasteiger partial charge is 0.404 e. The van der Waals surface area contributed by atoms with Gasteiger partial charge in [-0.1, -0.05) is 29.3 Å². The van der Waals surface area contributed by atoms with Crippen LogP contribution in [0.5, 0.6) is 0 Å². The van der Waals surface area contributed by atoms with Crippen LogP contribution in [0.2, 0.25) is 10.0 Å². The fraction of sp³-hybridized carbons (Fsp3) is 0.480. The second-order valence-corrected chi connectivity index (χ2v) is 10.1. The quantitative estimate of drug-likeness (QED) is 0.423. The number of nitrogens with one attached hydrogen (secondary N) is 3. The standard InChI is InChI=1S/C25H30Cl2N4O4/c1-14-18(6-9-29-23(14)32)19-5-7-28-12-20(19)24(33)31(17-2-3-17)13-16-10-15(4-8-30-25(34)35)11-21(26)22(16)27/h6,9-11,17,19-20,28,30H,2-5,7-8,12-13H2,1H3,(H,29,32)(H,34,35). The Morgan fingerprint density at radius 2 is 2.00 bits per heavy atom. The van der Waals surface area contributed by atoms with Gasteiger partial charge in [-0.25, -0.2) is 4.79 Å². The maximum atomic E-state index is 13.9. The minimum absolute atomic E-state index is 0.0419. The monoisotopic (exact) mass is 520 g/mol. The van der Waals surface area contributed by atoms with E-state index in [1.807, 2.05) is 24.0 Å². The summed E-state index contributed by atoms with van der Waals surface area (Å²) in [6, 6.07) is 5.70. The molecule has 8 nitrogen and oxygen atoms in total. The van der Waals surface area contributed by atoms with E-state index >= 15 is 0 Å². The Labute approximate surface area is 214 Å². The van der Waals surface area contributed by atoms with Crippen molar-refractivity contribution in [3.63, 3.8) is 0 Å². The highest BCUT2D eigenvalue weighted by Gasteiger charge is 2.40. The lowest BCUT2D eigenvalue weighted by Gasteiger charge is -2.36.